The first-order valence-corrected chi connectivity index (χ1v) is 13.1. The lowest BCUT2D eigenvalue weighted by Crippen LogP contribution is -2.48. The zero-order valence-electron chi connectivity index (χ0n) is 16.0. The number of rotatable bonds is 7. The third kappa shape index (κ3) is 5.11. The molecule has 148 valence electrons. The van der Waals surface area contributed by atoms with Crippen LogP contribution in [0.2, 0.25) is 18.1 Å². The molecule has 0 aliphatic heterocycles. The molecule has 1 aromatic heterocycles. The third-order valence-electron chi connectivity index (χ3n) is 4.68. The van der Waals surface area contributed by atoms with Crippen LogP contribution in [0.5, 0.6) is 0 Å². The van der Waals surface area contributed by atoms with E-state index in [-0.39, 0.29) is 10.8 Å². The number of pyridine rings is 1. The monoisotopic (exact) mass is 470 g/mol. The van der Waals surface area contributed by atoms with Gasteiger partial charge in [-0.15, -0.1) is 0 Å². The molecule has 0 aliphatic rings. The standard InChI is InChI=1S/C17H26BrF3N2OSSi/c1-7-26(8-2,9-3)12-10-13(18)23-15(14(12)19)17(20,21)11-22-25(24)16(4,5)6/h10-11H,7-9H2,1-6H3. The van der Waals surface area contributed by atoms with E-state index in [1.165, 1.54) is 6.07 Å². The summed E-state index contributed by atoms with van der Waals surface area (Å²) in [5, 5.41) is 0.354. The molecular weight excluding hydrogens is 445 g/mol. The zero-order valence-corrected chi connectivity index (χ0v) is 19.4. The van der Waals surface area contributed by atoms with Crippen molar-refractivity contribution in [2.24, 2.45) is 4.40 Å². The lowest BCUT2D eigenvalue weighted by molar-refractivity contribution is 0.0724. The molecule has 1 unspecified atom stereocenters. The Balaban J connectivity index is 3.48. The highest BCUT2D eigenvalue weighted by molar-refractivity contribution is 9.10. The van der Waals surface area contributed by atoms with Crippen LogP contribution in [0, 0.1) is 5.82 Å². The fourth-order valence-corrected chi connectivity index (χ4v) is 7.59. The zero-order chi connectivity index (χ0) is 20.3. The fourth-order valence-electron chi connectivity index (χ4n) is 2.76. The highest BCUT2D eigenvalue weighted by Crippen LogP contribution is 2.31. The molecule has 9 heteroatoms. The van der Waals surface area contributed by atoms with Crippen molar-refractivity contribution in [3.63, 3.8) is 0 Å². The van der Waals surface area contributed by atoms with Crippen LogP contribution < -0.4 is 5.19 Å². The van der Waals surface area contributed by atoms with E-state index in [1.54, 1.807) is 20.8 Å². The Labute approximate surface area is 166 Å². The van der Waals surface area contributed by atoms with E-state index in [2.05, 4.69) is 25.3 Å². The summed E-state index contributed by atoms with van der Waals surface area (Å²) < 4.78 is 59.1. The highest BCUT2D eigenvalue weighted by Gasteiger charge is 2.41. The van der Waals surface area contributed by atoms with Gasteiger partial charge in [-0.2, -0.15) is 8.78 Å². The quantitative estimate of drug-likeness (QED) is 0.234. The van der Waals surface area contributed by atoms with Crippen molar-refractivity contribution < 1.29 is 17.7 Å². The second-order valence-electron chi connectivity index (χ2n) is 7.22. The maximum Gasteiger partial charge on any atom is 0.332 e. The maximum absolute atomic E-state index is 15.1. The molecule has 0 amide bonds. The smallest absolute Gasteiger partial charge is 0.332 e. The van der Waals surface area contributed by atoms with Crippen molar-refractivity contribution in [2.75, 3.05) is 0 Å². The van der Waals surface area contributed by atoms with Gasteiger partial charge in [0.2, 0.25) is 0 Å². The first kappa shape index (κ1) is 23.7. The molecule has 1 rings (SSSR count). The summed E-state index contributed by atoms with van der Waals surface area (Å²) in [6.45, 7) is 10.8. The Morgan fingerprint density at radius 2 is 1.73 bits per heavy atom. The van der Waals surface area contributed by atoms with Crippen molar-refractivity contribution in [3.8, 4) is 0 Å². The van der Waals surface area contributed by atoms with Crippen molar-refractivity contribution in [2.45, 2.75) is 70.3 Å². The minimum atomic E-state index is -3.75. The number of aromatic nitrogens is 1. The minimum absolute atomic E-state index is 0.168. The van der Waals surface area contributed by atoms with Crippen LogP contribution in [-0.2, 0) is 17.3 Å². The van der Waals surface area contributed by atoms with Crippen LogP contribution in [0.3, 0.4) is 0 Å². The molecule has 26 heavy (non-hydrogen) atoms. The van der Waals surface area contributed by atoms with Gasteiger partial charge in [0.15, 0.2) is 11.5 Å². The lowest BCUT2D eigenvalue weighted by Gasteiger charge is -2.30. The highest BCUT2D eigenvalue weighted by atomic mass is 79.9. The summed E-state index contributed by atoms with van der Waals surface area (Å²) in [6, 6.07) is 3.78. The van der Waals surface area contributed by atoms with Crippen molar-refractivity contribution >= 4 is 46.8 Å². The number of hydrogen-bond acceptors (Lipinski definition) is 3. The Kier molecular flexibility index (Phi) is 7.96. The SMILES string of the molecule is CC[Si](CC)(CC)c1cc(Br)nc(C(F)(F)C=N[S+]([O-])C(C)(C)C)c1F. The summed E-state index contributed by atoms with van der Waals surface area (Å²) in [6.07, 6.45) is 0.253. The molecular formula is C17H26BrF3N2OSSi. The Morgan fingerprint density at radius 3 is 2.15 bits per heavy atom. The number of nitrogens with zero attached hydrogens (tertiary/aromatic N) is 2. The van der Waals surface area contributed by atoms with Crippen LogP contribution in [0.15, 0.2) is 15.1 Å². The van der Waals surface area contributed by atoms with Crippen LogP contribution in [0.25, 0.3) is 0 Å². The van der Waals surface area contributed by atoms with Gasteiger partial charge in [0, 0.05) is 0 Å². The molecule has 0 saturated heterocycles. The summed E-state index contributed by atoms with van der Waals surface area (Å²) in [7, 11) is -2.24. The number of alkyl halides is 2. The van der Waals surface area contributed by atoms with Crippen LogP contribution in [0.1, 0.15) is 47.2 Å². The second-order valence-corrected chi connectivity index (χ2v) is 15.2. The van der Waals surface area contributed by atoms with Crippen LogP contribution in [-0.4, -0.2) is 28.6 Å². The topological polar surface area (TPSA) is 48.3 Å². The molecule has 0 fully saturated rings. The van der Waals surface area contributed by atoms with Gasteiger partial charge in [-0.25, -0.2) is 9.37 Å². The molecule has 0 aliphatic carbocycles. The number of halogens is 4. The fraction of sp³-hybridized carbons (Fsp3) is 0.647. The first-order valence-electron chi connectivity index (χ1n) is 8.56. The Hall–Kier alpha value is -0.383. The third-order valence-corrected chi connectivity index (χ3v) is 12.0. The molecule has 0 saturated carbocycles. The molecule has 0 spiro atoms. The van der Waals surface area contributed by atoms with E-state index in [0.717, 1.165) is 18.1 Å². The van der Waals surface area contributed by atoms with E-state index in [9.17, 15) is 13.3 Å². The van der Waals surface area contributed by atoms with Gasteiger partial charge in [0.1, 0.15) is 26.9 Å². The summed E-state index contributed by atoms with van der Waals surface area (Å²) in [4.78, 5) is 3.69. The van der Waals surface area contributed by atoms with Crippen LogP contribution in [0.4, 0.5) is 13.2 Å². The van der Waals surface area contributed by atoms with Gasteiger partial charge in [-0.05, 0) is 48.0 Å². The van der Waals surface area contributed by atoms with Crippen LogP contribution >= 0.6 is 15.9 Å². The number of hydrogen-bond donors (Lipinski definition) is 0. The van der Waals surface area contributed by atoms with E-state index in [1.807, 2.05) is 20.8 Å². The molecule has 3 nitrogen and oxygen atoms in total. The summed E-state index contributed by atoms with van der Waals surface area (Å²) >= 11 is 1.28. The average molecular weight is 471 g/mol. The van der Waals surface area contributed by atoms with E-state index in [4.69, 9.17) is 0 Å². The Morgan fingerprint density at radius 1 is 1.23 bits per heavy atom. The summed E-state index contributed by atoms with van der Waals surface area (Å²) in [5.74, 6) is -4.72. The summed E-state index contributed by atoms with van der Waals surface area (Å²) in [5.41, 5.74) is -0.969. The molecule has 1 aromatic rings. The van der Waals surface area contributed by atoms with Crippen molar-refractivity contribution in [1.82, 2.24) is 4.98 Å². The van der Waals surface area contributed by atoms with Gasteiger partial charge < -0.3 is 4.55 Å². The molecule has 0 aromatic carbocycles. The van der Waals surface area contributed by atoms with Gasteiger partial charge in [0.05, 0.1) is 8.07 Å². The van der Waals surface area contributed by atoms with E-state index in [0.29, 0.717) is 5.19 Å². The second kappa shape index (κ2) is 8.75. The normalized spacial score (nSPS) is 14.9. The largest absolute Gasteiger partial charge is 0.591 e. The molecule has 0 bridgehead atoms. The molecule has 1 heterocycles. The van der Waals surface area contributed by atoms with Crippen molar-refractivity contribution in [3.05, 3.63) is 22.2 Å². The van der Waals surface area contributed by atoms with Crippen molar-refractivity contribution in [1.29, 1.82) is 0 Å². The van der Waals surface area contributed by atoms with Gasteiger partial charge in [0.25, 0.3) is 0 Å². The maximum atomic E-state index is 15.1. The molecule has 0 N–H and O–H groups in total. The minimum Gasteiger partial charge on any atom is -0.591 e. The predicted octanol–water partition coefficient (Wildman–Crippen LogP) is 5.32. The van der Waals surface area contributed by atoms with Gasteiger partial charge in [-0.1, -0.05) is 43.3 Å². The molecule has 1 atom stereocenters. The van der Waals surface area contributed by atoms with Gasteiger partial charge in [-0.3, -0.25) is 0 Å². The lowest BCUT2D eigenvalue weighted by atomic mass is 10.2. The first-order chi connectivity index (χ1) is 11.8. The molecule has 0 radical (unpaired) electrons. The van der Waals surface area contributed by atoms with E-state index >= 15 is 4.39 Å². The van der Waals surface area contributed by atoms with Gasteiger partial charge >= 0.3 is 5.92 Å². The average Bonchev–Trinajstić information content (AvgIpc) is 2.56. The predicted molar refractivity (Wildman–Crippen MR) is 109 cm³/mol. The Bertz CT molecular complexity index is 656. The van der Waals surface area contributed by atoms with E-state index < -0.39 is 41.6 Å².